The Labute approximate surface area is 494 Å². The Hall–Kier alpha value is -9.05. The number of amides is 8. The summed E-state index contributed by atoms with van der Waals surface area (Å²) in [6.07, 6.45) is 4.53. The Bertz CT molecular complexity index is 2960. The molecule has 0 radical (unpaired) electrons. The number of carbonyl (C=O) groups excluding carboxylic acids is 8. The second kappa shape index (κ2) is 35.8. The van der Waals surface area contributed by atoms with Crippen LogP contribution in [0.15, 0.2) is 77.8 Å². The minimum atomic E-state index is -1.13. The average Bonchev–Trinajstić information content (AvgIpc) is 3.48. The minimum Gasteiger partial charge on any atom is -0.496 e. The van der Waals surface area contributed by atoms with E-state index in [0.717, 1.165) is 0 Å². The quantitative estimate of drug-likeness (QED) is 0.0174. The van der Waals surface area contributed by atoms with Crippen LogP contribution in [0.2, 0.25) is 0 Å². The van der Waals surface area contributed by atoms with Crippen LogP contribution in [0.3, 0.4) is 0 Å². The molecule has 0 spiro atoms. The fraction of sp³-hybridized carbons (Fsp3) is 0.431. The summed E-state index contributed by atoms with van der Waals surface area (Å²) in [7, 11) is 5.53. The molecule has 0 fully saturated rings. The summed E-state index contributed by atoms with van der Waals surface area (Å²) in [6.45, 7) is 1.17. The zero-order valence-corrected chi connectivity index (χ0v) is 48.6. The first kappa shape index (κ1) is 68.4. The van der Waals surface area contributed by atoms with E-state index in [-0.39, 0.29) is 95.7 Å². The lowest BCUT2D eigenvalue weighted by Gasteiger charge is -2.21. The van der Waals surface area contributed by atoms with Crippen molar-refractivity contribution in [2.45, 2.75) is 95.2 Å². The summed E-state index contributed by atoms with van der Waals surface area (Å²) in [5.74, 6) is -4.95. The van der Waals surface area contributed by atoms with Gasteiger partial charge >= 0.3 is 0 Å². The van der Waals surface area contributed by atoms with Crippen LogP contribution in [0.25, 0.3) is 0 Å². The van der Waals surface area contributed by atoms with Crippen molar-refractivity contribution in [3.05, 3.63) is 95.1 Å². The lowest BCUT2D eigenvalue weighted by atomic mass is 10.0. The number of anilines is 4. The third-order valence-corrected chi connectivity index (χ3v) is 13.4. The average molecular weight is 1180 g/mol. The number of nitrogens with zero attached hydrogens (tertiary/aromatic N) is 1. The molecule has 27 heteroatoms. The number of ether oxygens (including phenoxy) is 4. The second-order valence-electron chi connectivity index (χ2n) is 19.7. The fourth-order valence-electron chi connectivity index (χ4n) is 8.84. The van der Waals surface area contributed by atoms with Crippen molar-refractivity contribution >= 4 is 76.0 Å². The first-order valence-electron chi connectivity index (χ1n) is 27.8. The number of nitrogens with one attached hydrogen (secondary N) is 7. The van der Waals surface area contributed by atoms with Crippen LogP contribution in [-0.2, 0) is 30.4 Å². The number of carbonyl (C=O) groups is 8. The molecule has 4 aromatic carbocycles. The van der Waals surface area contributed by atoms with Crippen LogP contribution < -0.4 is 96.3 Å². The molecule has 0 aliphatic rings. The van der Waals surface area contributed by atoms with Crippen molar-refractivity contribution in [1.29, 1.82) is 0 Å². The van der Waals surface area contributed by atoms with Gasteiger partial charge in [0.15, 0.2) is 5.96 Å². The van der Waals surface area contributed by atoms with E-state index in [0.29, 0.717) is 88.0 Å². The van der Waals surface area contributed by atoms with Crippen LogP contribution in [0.4, 0.5) is 22.7 Å². The van der Waals surface area contributed by atoms with Crippen LogP contribution >= 0.6 is 0 Å². The molecule has 8 amide bonds. The van der Waals surface area contributed by atoms with Crippen molar-refractivity contribution in [2.75, 3.05) is 82.4 Å². The van der Waals surface area contributed by atoms with Gasteiger partial charge in [-0.1, -0.05) is 6.42 Å². The first-order valence-corrected chi connectivity index (χ1v) is 27.8. The Morgan fingerprint density at radius 3 is 1.41 bits per heavy atom. The lowest BCUT2D eigenvalue weighted by molar-refractivity contribution is -0.126. The number of benzene rings is 4. The van der Waals surface area contributed by atoms with E-state index < -0.39 is 71.3 Å². The number of nitrogens with two attached hydrogens (primary N) is 7. The molecule has 4 atom stereocenters. The summed E-state index contributed by atoms with van der Waals surface area (Å²) < 4.78 is 21.8. The van der Waals surface area contributed by atoms with Crippen molar-refractivity contribution in [2.24, 2.45) is 51.0 Å². The SMILES string of the molecule is COc1ccc(NC(=O)[C@H](CCCCN)NC(=O)c2cc(NC(=O)[C@H](CCCN=C(N)N)CNC(=O)c3cc(NC(=O)[C@@H](N)CCCCN)ccc3OC)ccc2OC)cc1CC(=O)N[C@@H](CCCCN)C(=O)Nc1ccc(OC)c(C(N)=O)c1. The highest BCUT2D eigenvalue weighted by atomic mass is 16.5. The monoisotopic (exact) mass is 1180 g/mol. The normalized spacial score (nSPS) is 12.2. The number of primary amides is 1. The summed E-state index contributed by atoms with van der Waals surface area (Å²) in [4.78, 5) is 113. The molecule has 0 aliphatic heterocycles. The number of guanidine groups is 1. The molecule has 0 saturated heterocycles. The highest BCUT2D eigenvalue weighted by molar-refractivity contribution is 6.05. The van der Waals surface area contributed by atoms with Crippen LogP contribution in [0, 0.1) is 5.92 Å². The van der Waals surface area contributed by atoms with E-state index in [1.807, 2.05) is 0 Å². The maximum absolute atomic E-state index is 14.3. The molecule has 0 saturated carbocycles. The second-order valence-corrected chi connectivity index (χ2v) is 19.7. The molecule has 27 nitrogen and oxygen atoms in total. The van der Waals surface area contributed by atoms with E-state index in [4.69, 9.17) is 59.1 Å². The third-order valence-electron chi connectivity index (χ3n) is 13.4. The van der Waals surface area contributed by atoms with Gasteiger partial charge in [0.2, 0.25) is 29.5 Å². The predicted molar refractivity (Wildman–Crippen MR) is 324 cm³/mol. The number of rotatable bonds is 37. The highest BCUT2D eigenvalue weighted by Gasteiger charge is 2.28. The molecule has 462 valence electrons. The maximum Gasteiger partial charge on any atom is 0.255 e. The van der Waals surface area contributed by atoms with Crippen molar-refractivity contribution in [3.63, 3.8) is 0 Å². The predicted octanol–water partition coefficient (Wildman–Crippen LogP) is 1.91. The van der Waals surface area contributed by atoms with Gasteiger partial charge < -0.3 is 96.3 Å². The summed E-state index contributed by atoms with van der Waals surface area (Å²) in [5, 5.41) is 19.5. The molecule has 85 heavy (non-hydrogen) atoms. The maximum atomic E-state index is 14.3. The van der Waals surface area contributed by atoms with E-state index in [2.05, 4.69) is 42.2 Å². The number of aliphatic imine (C=N–C) groups is 1. The molecule has 0 heterocycles. The molecule has 0 bridgehead atoms. The Morgan fingerprint density at radius 1 is 0.482 bits per heavy atom. The molecule has 0 aliphatic carbocycles. The van der Waals surface area contributed by atoms with E-state index in [1.165, 1.54) is 83.0 Å². The van der Waals surface area contributed by atoms with E-state index >= 15 is 0 Å². The third kappa shape index (κ3) is 22.2. The van der Waals surface area contributed by atoms with Crippen molar-refractivity contribution in [1.82, 2.24) is 16.0 Å². The standard InChI is InChI=1S/C58H83N15O12/c1-82-46-20-16-36(28-35(46)29-50(74)72-44(14-6-9-25-60)56(80)71-37-17-21-47(83-2)40(30-37)51(63)75)70-57(81)45(15-7-10-26-61)73-54(78)42-32-38(18-23-49(42)85-4)68-52(76)34(12-11-27-66-58(64)65)33-67-53(77)41-31-39(19-22-48(41)84-3)69-55(79)43(62)13-5-8-24-59/h16-23,28,30-32,34,43-45H,5-15,24-27,29,33,59-62H2,1-4H3,(H2,63,75)(H,67,77)(H,68,76)(H,69,79)(H,70,81)(H,71,80)(H,72,74)(H,73,78)(H4,64,65,66)/t34-,43+,44+,45+/m1/s1. The van der Waals surface area contributed by atoms with Gasteiger partial charge in [-0.25, -0.2) is 0 Å². The molecule has 4 rings (SSSR count). The zero-order valence-electron chi connectivity index (χ0n) is 48.6. The van der Waals surface area contributed by atoms with Gasteiger partial charge in [0.25, 0.3) is 17.7 Å². The summed E-state index contributed by atoms with van der Waals surface area (Å²) in [5.41, 5.74) is 41.2. The van der Waals surface area contributed by atoms with Crippen molar-refractivity contribution in [3.8, 4) is 23.0 Å². The highest BCUT2D eigenvalue weighted by Crippen LogP contribution is 2.28. The summed E-state index contributed by atoms with van der Waals surface area (Å²) >= 11 is 0. The lowest BCUT2D eigenvalue weighted by Crippen LogP contribution is -2.44. The van der Waals surface area contributed by atoms with Crippen LogP contribution in [0.1, 0.15) is 107 Å². The molecular weight excluding hydrogens is 1100 g/mol. The van der Waals surface area contributed by atoms with Gasteiger partial charge in [0, 0.05) is 41.4 Å². The zero-order chi connectivity index (χ0) is 62.4. The minimum absolute atomic E-state index is 0.0303. The van der Waals surface area contributed by atoms with Gasteiger partial charge in [-0.3, -0.25) is 43.3 Å². The fourth-order valence-corrected chi connectivity index (χ4v) is 8.84. The van der Waals surface area contributed by atoms with Crippen LogP contribution in [-0.4, -0.2) is 133 Å². The first-order chi connectivity index (χ1) is 40.8. The van der Waals surface area contributed by atoms with Crippen LogP contribution in [0.5, 0.6) is 23.0 Å². The Morgan fingerprint density at radius 2 is 0.918 bits per heavy atom. The number of hydrogen-bond acceptors (Lipinski definition) is 17. The topological polar surface area (TPSA) is 452 Å². The molecule has 4 aromatic rings. The summed E-state index contributed by atoms with van der Waals surface area (Å²) in [6, 6.07) is 15.0. The van der Waals surface area contributed by atoms with Gasteiger partial charge in [-0.15, -0.1) is 0 Å². The molecular formula is C58H83N15O12. The number of methoxy groups -OCH3 is 4. The molecule has 0 unspecified atom stereocenters. The van der Waals surface area contributed by atoms with Gasteiger partial charge in [0.1, 0.15) is 35.1 Å². The smallest absolute Gasteiger partial charge is 0.255 e. The van der Waals surface area contributed by atoms with Gasteiger partial charge in [-0.2, -0.15) is 0 Å². The Balaban J connectivity index is 1.52. The number of hydrogen-bond donors (Lipinski definition) is 14. The van der Waals surface area contributed by atoms with E-state index in [1.54, 1.807) is 18.2 Å². The van der Waals surface area contributed by atoms with Crippen molar-refractivity contribution < 1.29 is 57.3 Å². The van der Waals surface area contributed by atoms with E-state index in [9.17, 15) is 38.4 Å². The van der Waals surface area contributed by atoms with Gasteiger partial charge in [-0.05, 0) is 157 Å². The number of unbranched alkanes of at least 4 members (excludes halogenated alkanes) is 3. The largest absolute Gasteiger partial charge is 0.496 e. The molecule has 0 aromatic heterocycles. The van der Waals surface area contributed by atoms with Gasteiger partial charge in [0.05, 0.1) is 63.5 Å². The Kier molecular flexibility index (Phi) is 28.9. The molecule has 21 N–H and O–H groups in total.